The number of hydrogen-bond acceptors (Lipinski definition) is 3. The highest BCUT2D eigenvalue weighted by Gasteiger charge is 2.13. The van der Waals surface area contributed by atoms with Crippen molar-refractivity contribution in [2.45, 2.75) is 39.0 Å². The van der Waals surface area contributed by atoms with Crippen molar-refractivity contribution >= 4 is 17.6 Å². The number of ether oxygens (including phenoxy) is 1. The number of aryl methyl sites for hydroxylation is 1. The molecule has 5 nitrogen and oxygen atoms in total. The van der Waals surface area contributed by atoms with Gasteiger partial charge in [-0.25, -0.2) is 4.79 Å². The molecule has 26 heavy (non-hydrogen) atoms. The van der Waals surface area contributed by atoms with Crippen molar-refractivity contribution in [1.29, 1.82) is 0 Å². The zero-order chi connectivity index (χ0) is 19.2. The van der Waals surface area contributed by atoms with Crippen LogP contribution in [0.5, 0.6) is 5.75 Å². The molecule has 0 aliphatic rings. The lowest BCUT2D eigenvalue weighted by Gasteiger charge is -2.19. The zero-order valence-corrected chi connectivity index (χ0v) is 15.4. The molecule has 0 atom stereocenters. The first-order valence-corrected chi connectivity index (χ1v) is 8.58. The van der Waals surface area contributed by atoms with Crippen LogP contribution in [0.1, 0.15) is 38.3 Å². The van der Waals surface area contributed by atoms with Gasteiger partial charge in [-0.2, -0.15) is 0 Å². The molecule has 0 fully saturated rings. The van der Waals surface area contributed by atoms with E-state index >= 15 is 0 Å². The van der Waals surface area contributed by atoms with Gasteiger partial charge in [0.05, 0.1) is 0 Å². The monoisotopic (exact) mass is 355 g/mol. The summed E-state index contributed by atoms with van der Waals surface area (Å²) in [6.07, 6.45) is 1.03. The number of rotatable bonds is 7. The first kappa shape index (κ1) is 19.5. The number of carboxylic acids is 1. The average molecular weight is 355 g/mol. The van der Waals surface area contributed by atoms with Crippen LogP contribution in [-0.2, 0) is 21.4 Å². The van der Waals surface area contributed by atoms with E-state index in [2.05, 4.69) is 50.4 Å². The SMILES string of the molecule is CC(C)(C)c1ccc(CCC(=O)Nc2cccc(OCC(=O)O)c2)cc1. The number of carbonyl (C=O) groups is 2. The van der Waals surface area contributed by atoms with Crippen LogP contribution in [0.3, 0.4) is 0 Å². The summed E-state index contributed by atoms with van der Waals surface area (Å²) in [5.74, 6) is -0.736. The molecule has 0 unspecified atom stereocenters. The lowest BCUT2D eigenvalue weighted by Crippen LogP contribution is -2.13. The Labute approximate surface area is 154 Å². The Morgan fingerprint density at radius 1 is 1.08 bits per heavy atom. The Morgan fingerprint density at radius 3 is 2.38 bits per heavy atom. The summed E-state index contributed by atoms with van der Waals surface area (Å²) in [5, 5.41) is 11.4. The molecule has 0 heterocycles. The molecule has 0 radical (unpaired) electrons. The van der Waals surface area contributed by atoms with Crippen molar-refractivity contribution in [2.24, 2.45) is 0 Å². The third kappa shape index (κ3) is 6.24. The van der Waals surface area contributed by atoms with Gasteiger partial charge in [-0.1, -0.05) is 51.1 Å². The normalized spacial score (nSPS) is 11.0. The van der Waals surface area contributed by atoms with Gasteiger partial charge in [-0.05, 0) is 35.1 Å². The van der Waals surface area contributed by atoms with Gasteiger partial charge in [0, 0.05) is 18.2 Å². The maximum atomic E-state index is 12.1. The second kappa shape index (κ2) is 8.52. The van der Waals surface area contributed by atoms with Gasteiger partial charge in [-0.15, -0.1) is 0 Å². The van der Waals surface area contributed by atoms with Gasteiger partial charge in [0.15, 0.2) is 6.61 Å². The molecule has 2 N–H and O–H groups in total. The van der Waals surface area contributed by atoms with E-state index in [4.69, 9.17) is 9.84 Å². The van der Waals surface area contributed by atoms with E-state index < -0.39 is 12.6 Å². The van der Waals surface area contributed by atoms with Crippen LogP contribution in [0.2, 0.25) is 0 Å². The standard InChI is InChI=1S/C21H25NO4/c1-21(2,3)16-10-7-15(8-11-16)9-12-19(23)22-17-5-4-6-18(13-17)26-14-20(24)25/h4-8,10-11,13H,9,12,14H2,1-3H3,(H,22,23)(H,24,25). The van der Waals surface area contributed by atoms with Gasteiger partial charge in [0.2, 0.25) is 5.91 Å². The number of anilines is 1. The molecule has 0 aliphatic heterocycles. The van der Waals surface area contributed by atoms with Crippen LogP contribution < -0.4 is 10.1 Å². The molecule has 0 bridgehead atoms. The number of aliphatic carboxylic acids is 1. The van der Waals surface area contributed by atoms with Crippen molar-refractivity contribution in [2.75, 3.05) is 11.9 Å². The Balaban J connectivity index is 1.87. The van der Waals surface area contributed by atoms with Crippen LogP contribution in [0.25, 0.3) is 0 Å². The average Bonchev–Trinajstić information content (AvgIpc) is 2.58. The maximum absolute atomic E-state index is 12.1. The minimum atomic E-state index is -1.04. The number of amides is 1. The van der Waals surface area contributed by atoms with Crippen LogP contribution >= 0.6 is 0 Å². The number of nitrogens with one attached hydrogen (secondary N) is 1. The van der Waals surface area contributed by atoms with Gasteiger partial charge in [-0.3, -0.25) is 4.79 Å². The van der Waals surface area contributed by atoms with E-state index in [0.717, 1.165) is 5.56 Å². The molecule has 2 aromatic carbocycles. The summed E-state index contributed by atoms with van der Waals surface area (Å²) in [5.41, 5.74) is 3.08. The summed E-state index contributed by atoms with van der Waals surface area (Å²) in [6.45, 7) is 6.10. The van der Waals surface area contributed by atoms with E-state index in [1.165, 1.54) is 5.56 Å². The molecule has 0 saturated heterocycles. The summed E-state index contributed by atoms with van der Waals surface area (Å²) in [7, 11) is 0. The van der Waals surface area contributed by atoms with Crippen molar-refractivity contribution in [3.05, 3.63) is 59.7 Å². The number of benzene rings is 2. The molecule has 0 aliphatic carbocycles. The van der Waals surface area contributed by atoms with Crippen molar-refractivity contribution in [1.82, 2.24) is 0 Å². The highest BCUT2D eigenvalue weighted by molar-refractivity contribution is 5.91. The molecule has 138 valence electrons. The van der Waals surface area contributed by atoms with E-state index in [9.17, 15) is 9.59 Å². The third-order valence-electron chi connectivity index (χ3n) is 3.94. The maximum Gasteiger partial charge on any atom is 0.341 e. The Hall–Kier alpha value is -2.82. The number of carbonyl (C=O) groups excluding carboxylic acids is 1. The third-order valence-corrected chi connectivity index (χ3v) is 3.94. The number of carboxylic acid groups (broad SMARTS) is 1. The van der Waals surface area contributed by atoms with Crippen molar-refractivity contribution in [3.63, 3.8) is 0 Å². The minimum Gasteiger partial charge on any atom is -0.482 e. The predicted octanol–water partition coefficient (Wildman–Crippen LogP) is 4.02. The summed E-state index contributed by atoms with van der Waals surface area (Å²) < 4.78 is 5.11. The first-order chi connectivity index (χ1) is 12.2. The highest BCUT2D eigenvalue weighted by atomic mass is 16.5. The van der Waals surface area contributed by atoms with E-state index in [-0.39, 0.29) is 11.3 Å². The predicted molar refractivity (Wildman–Crippen MR) is 102 cm³/mol. The molecule has 1 amide bonds. The van der Waals surface area contributed by atoms with Crippen LogP contribution in [0.15, 0.2) is 48.5 Å². The quantitative estimate of drug-likeness (QED) is 0.786. The molecular weight excluding hydrogens is 330 g/mol. The molecular formula is C21H25NO4. The smallest absolute Gasteiger partial charge is 0.341 e. The minimum absolute atomic E-state index is 0.0970. The highest BCUT2D eigenvalue weighted by Crippen LogP contribution is 2.22. The van der Waals surface area contributed by atoms with E-state index in [1.54, 1.807) is 24.3 Å². The second-order valence-electron chi connectivity index (χ2n) is 7.21. The summed E-state index contributed by atoms with van der Waals surface area (Å²) in [4.78, 5) is 22.7. The Morgan fingerprint density at radius 2 is 1.77 bits per heavy atom. The largest absolute Gasteiger partial charge is 0.482 e. The molecule has 5 heteroatoms. The fourth-order valence-corrected chi connectivity index (χ4v) is 2.46. The topological polar surface area (TPSA) is 75.6 Å². The lowest BCUT2D eigenvalue weighted by molar-refractivity contribution is -0.139. The molecule has 0 spiro atoms. The lowest BCUT2D eigenvalue weighted by atomic mass is 9.86. The summed E-state index contributed by atoms with van der Waals surface area (Å²) >= 11 is 0. The van der Waals surface area contributed by atoms with E-state index in [1.807, 2.05) is 0 Å². The van der Waals surface area contributed by atoms with E-state index in [0.29, 0.717) is 24.3 Å². The fraction of sp³-hybridized carbons (Fsp3) is 0.333. The van der Waals surface area contributed by atoms with Crippen LogP contribution in [0, 0.1) is 0 Å². The molecule has 2 aromatic rings. The van der Waals surface area contributed by atoms with Gasteiger partial charge in [0.25, 0.3) is 0 Å². The second-order valence-corrected chi connectivity index (χ2v) is 7.21. The fourth-order valence-electron chi connectivity index (χ4n) is 2.46. The van der Waals surface area contributed by atoms with Crippen molar-refractivity contribution < 1.29 is 19.4 Å². The van der Waals surface area contributed by atoms with Gasteiger partial charge >= 0.3 is 5.97 Å². The molecule has 2 rings (SSSR count). The summed E-state index contributed by atoms with van der Waals surface area (Å²) in [6, 6.07) is 15.0. The van der Waals surface area contributed by atoms with Crippen molar-refractivity contribution in [3.8, 4) is 5.75 Å². The first-order valence-electron chi connectivity index (χ1n) is 8.58. The molecule has 0 aromatic heterocycles. The van der Waals surface area contributed by atoms with Crippen LogP contribution in [0.4, 0.5) is 5.69 Å². The van der Waals surface area contributed by atoms with Gasteiger partial charge < -0.3 is 15.2 Å². The molecule has 0 saturated carbocycles. The van der Waals surface area contributed by atoms with Crippen LogP contribution in [-0.4, -0.2) is 23.6 Å². The Kier molecular flexibility index (Phi) is 6.39. The zero-order valence-electron chi connectivity index (χ0n) is 15.4. The Bertz CT molecular complexity index is 760. The number of hydrogen-bond donors (Lipinski definition) is 2. The van der Waals surface area contributed by atoms with Gasteiger partial charge in [0.1, 0.15) is 5.75 Å².